The summed E-state index contributed by atoms with van der Waals surface area (Å²) < 4.78 is 1.98. The summed E-state index contributed by atoms with van der Waals surface area (Å²) in [6.07, 6.45) is 7.34. The molecule has 1 amide bonds. The van der Waals surface area contributed by atoms with Gasteiger partial charge in [0.15, 0.2) is 0 Å². The zero-order valence-corrected chi connectivity index (χ0v) is 13.7. The van der Waals surface area contributed by atoms with Crippen molar-refractivity contribution in [2.45, 2.75) is 25.7 Å². The molecule has 0 spiro atoms. The zero-order chi connectivity index (χ0) is 15.8. The number of imidazole rings is 1. The highest BCUT2D eigenvalue weighted by Gasteiger charge is 2.27. The number of aromatic nitrogens is 4. The number of thiazole rings is 1. The van der Waals surface area contributed by atoms with Crippen LogP contribution in [0, 0.1) is 6.92 Å². The van der Waals surface area contributed by atoms with Crippen molar-refractivity contribution < 1.29 is 4.79 Å². The molecule has 1 atom stereocenters. The summed E-state index contributed by atoms with van der Waals surface area (Å²) in [7, 11) is 0. The topological polar surface area (TPSA) is 63.4 Å². The van der Waals surface area contributed by atoms with Gasteiger partial charge in [-0.2, -0.15) is 0 Å². The number of hydrogen-bond acceptors (Lipinski definition) is 5. The normalized spacial score (nSPS) is 18.5. The van der Waals surface area contributed by atoms with Crippen LogP contribution in [0.1, 0.15) is 39.9 Å². The van der Waals surface area contributed by atoms with E-state index in [1.165, 1.54) is 11.3 Å². The van der Waals surface area contributed by atoms with E-state index in [-0.39, 0.29) is 11.8 Å². The van der Waals surface area contributed by atoms with E-state index < -0.39 is 0 Å². The molecule has 0 aliphatic carbocycles. The Morgan fingerprint density at radius 3 is 3.09 bits per heavy atom. The Morgan fingerprint density at radius 1 is 1.35 bits per heavy atom. The first-order chi connectivity index (χ1) is 11.2. The molecule has 1 fully saturated rings. The summed E-state index contributed by atoms with van der Waals surface area (Å²) in [5, 5.41) is 0. The summed E-state index contributed by atoms with van der Waals surface area (Å²) in [6.45, 7) is 3.51. The second-order valence-corrected chi connectivity index (χ2v) is 6.76. The first-order valence-electron chi connectivity index (χ1n) is 7.70. The summed E-state index contributed by atoms with van der Waals surface area (Å²) >= 11 is 1.40. The van der Waals surface area contributed by atoms with Crippen LogP contribution in [0.25, 0.3) is 5.52 Å². The molecular formula is C16H17N5OS. The Kier molecular flexibility index (Phi) is 3.57. The number of carbonyl (C=O) groups excluding carboxylic acids is 1. The van der Waals surface area contributed by atoms with Gasteiger partial charge >= 0.3 is 0 Å². The lowest BCUT2D eigenvalue weighted by atomic mass is 9.94. The summed E-state index contributed by atoms with van der Waals surface area (Å²) in [6, 6.07) is 2.09. The average molecular weight is 327 g/mol. The summed E-state index contributed by atoms with van der Waals surface area (Å²) in [5.41, 5.74) is 3.81. The van der Waals surface area contributed by atoms with Crippen molar-refractivity contribution in [1.29, 1.82) is 0 Å². The number of aryl methyl sites for hydroxylation is 1. The number of hydrogen-bond donors (Lipinski definition) is 0. The van der Waals surface area contributed by atoms with E-state index in [0.717, 1.165) is 36.4 Å². The molecular weight excluding hydrogens is 310 g/mol. The predicted octanol–water partition coefficient (Wildman–Crippen LogP) is 2.51. The first kappa shape index (κ1) is 14.3. The van der Waals surface area contributed by atoms with Crippen molar-refractivity contribution in [2.75, 3.05) is 13.1 Å². The van der Waals surface area contributed by atoms with E-state index in [1.807, 2.05) is 22.4 Å². The zero-order valence-electron chi connectivity index (χ0n) is 12.8. The Hall–Kier alpha value is -2.28. The smallest absolute Gasteiger partial charge is 0.265 e. The van der Waals surface area contributed by atoms with Crippen molar-refractivity contribution in [1.82, 2.24) is 24.3 Å². The summed E-state index contributed by atoms with van der Waals surface area (Å²) in [5.74, 6) is 1.29. The van der Waals surface area contributed by atoms with Crippen LogP contribution in [0.2, 0.25) is 0 Å². The minimum absolute atomic E-state index is 0.0827. The van der Waals surface area contributed by atoms with Crippen LogP contribution in [-0.4, -0.2) is 43.2 Å². The monoisotopic (exact) mass is 327 g/mol. The molecule has 4 rings (SSSR count). The van der Waals surface area contributed by atoms with Gasteiger partial charge in [-0.05, 0) is 25.8 Å². The van der Waals surface area contributed by atoms with Crippen molar-refractivity contribution in [3.63, 3.8) is 0 Å². The van der Waals surface area contributed by atoms with Crippen LogP contribution in [0.15, 0.2) is 30.3 Å². The van der Waals surface area contributed by atoms with Gasteiger partial charge in [-0.3, -0.25) is 14.2 Å². The third-order valence-corrected chi connectivity index (χ3v) is 5.13. The molecule has 3 aromatic rings. The molecule has 6 nitrogen and oxygen atoms in total. The van der Waals surface area contributed by atoms with E-state index in [1.54, 1.807) is 18.0 Å². The molecule has 0 saturated carbocycles. The quantitative estimate of drug-likeness (QED) is 0.725. The number of nitrogens with zero attached hydrogens (tertiary/aromatic N) is 5. The number of rotatable bonds is 2. The van der Waals surface area contributed by atoms with Gasteiger partial charge in [-0.1, -0.05) is 0 Å². The average Bonchev–Trinajstić information content (AvgIpc) is 3.25. The van der Waals surface area contributed by atoms with E-state index in [0.29, 0.717) is 11.4 Å². The number of amides is 1. The van der Waals surface area contributed by atoms with Gasteiger partial charge in [0.25, 0.3) is 5.91 Å². The molecule has 0 bridgehead atoms. The maximum Gasteiger partial charge on any atom is 0.265 e. The van der Waals surface area contributed by atoms with Gasteiger partial charge in [-0.15, -0.1) is 11.3 Å². The van der Waals surface area contributed by atoms with Crippen LogP contribution in [0.3, 0.4) is 0 Å². The second kappa shape index (κ2) is 5.73. The number of piperidine rings is 1. The molecule has 118 valence electrons. The lowest BCUT2D eigenvalue weighted by Crippen LogP contribution is -2.39. The van der Waals surface area contributed by atoms with E-state index >= 15 is 0 Å². The van der Waals surface area contributed by atoms with Crippen LogP contribution in [0.5, 0.6) is 0 Å². The largest absolute Gasteiger partial charge is 0.337 e. The highest BCUT2D eigenvalue weighted by Crippen LogP contribution is 2.28. The second-order valence-electron chi connectivity index (χ2n) is 5.87. The maximum atomic E-state index is 12.5. The fourth-order valence-electron chi connectivity index (χ4n) is 3.20. The fourth-order valence-corrected chi connectivity index (χ4v) is 3.78. The Morgan fingerprint density at radius 2 is 2.26 bits per heavy atom. The van der Waals surface area contributed by atoms with Crippen molar-refractivity contribution >= 4 is 22.8 Å². The highest BCUT2D eigenvalue weighted by molar-refractivity contribution is 7.11. The van der Waals surface area contributed by atoms with E-state index in [2.05, 4.69) is 16.0 Å². The van der Waals surface area contributed by atoms with Crippen molar-refractivity contribution in [2.24, 2.45) is 0 Å². The molecule has 3 aromatic heterocycles. The van der Waals surface area contributed by atoms with Crippen LogP contribution >= 0.6 is 11.3 Å². The highest BCUT2D eigenvalue weighted by atomic mass is 32.1. The summed E-state index contributed by atoms with van der Waals surface area (Å²) in [4.78, 5) is 28.1. The van der Waals surface area contributed by atoms with E-state index in [9.17, 15) is 4.79 Å². The molecule has 4 heterocycles. The van der Waals surface area contributed by atoms with Crippen LogP contribution in [-0.2, 0) is 0 Å². The third-order valence-electron chi connectivity index (χ3n) is 4.37. The Labute approximate surface area is 137 Å². The molecule has 0 radical (unpaired) electrons. The van der Waals surface area contributed by atoms with Gasteiger partial charge < -0.3 is 4.90 Å². The van der Waals surface area contributed by atoms with Gasteiger partial charge in [0.2, 0.25) is 0 Å². The molecule has 1 saturated heterocycles. The fraction of sp³-hybridized carbons (Fsp3) is 0.375. The van der Waals surface area contributed by atoms with Crippen molar-refractivity contribution in [3.05, 3.63) is 46.7 Å². The third kappa shape index (κ3) is 2.61. The van der Waals surface area contributed by atoms with E-state index in [4.69, 9.17) is 4.98 Å². The molecule has 0 N–H and O–H groups in total. The minimum atomic E-state index is 0.0827. The molecule has 0 unspecified atom stereocenters. The molecule has 7 heteroatoms. The standard InChI is InChI=1S/C16H17N5OS/c1-11-19-14(5-13-6-17-9-21(11)13)12-3-2-4-20(8-12)16(22)15-7-18-10-23-15/h5-7,9-10,12H,2-4,8H2,1H3/t12-/m1/s1. The Balaban J connectivity index is 1.60. The van der Waals surface area contributed by atoms with Crippen LogP contribution in [0.4, 0.5) is 0 Å². The first-order valence-corrected chi connectivity index (χ1v) is 8.57. The van der Waals surface area contributed by atoms with Gasteiger partial charge in [0, 0.05) is 24.7 Å². The predicted molar refractivity (Wildman–Crippen MR) is 87.7 cm³/mol. The number of carbonyl (C=O) groups is 1. The SMILES string of the molecule is Cc1nc([C@@H]2CCCN(C(=O)c3cncs3)C2)cc2cncn12. The minimum Gasteiger partial charge on any atom is -0.337 e. The molecule has 23 heavy (non-hydrogen) atoms. The number of fused-ring (bicyclic) bond motifs is 1. The number of likely N-dealkylation sites (tertiary alicyclic amines) is 1. The lowest BCUT2D eigenvalue weighted by molar-refractivity contribution is 0.0710. The van der Waals surface area contributed by atoms with Crippen molar-refractivity contribution in [3.8, 4) is 0 Å². The molecule has 1 aliphatic heterocycles. The van der Waals surface area contributed by atoms with Gasteiger partial charge in [-0.25, -0.2) is 9.97 Å². The molecule has 0 aromatic carbocycles. The Bertz CT molecular complexity index is 841. The van der Waals surface area contributed by atoms with Crippen LogP contribution < -0.4 is 0 Å². The molecule has 1 aliphatic rings. The maximum absolute atomic E-state index is 12.5. The lowest BCUT2D eigenvalue weighted by Gasteiger charge is -2.32. The van der Waals surface area contributed by atoms with Gasteiger partial charge in [0.1, 0.15) is 17.0 Å². The van der Waals surface area contributed by atoms with Gasteiger partial charge in [0.05, 0.1) is 23.4 Å².